The summed E-state index contributed by atoms with van der Waals surface area (Å²) >= 11 is 0. The van der Waals surface area contributed by atoms with Crippen molar-refractivity contribution in [1.29, 1.82) is 0 Å². The van der Waals surface area contributed by atoms with E-state index in [9.17, 15) is 4.79 Å². The number of nitrogens with zero attached hydrogens (tertiary/aromatic N) is 6. The number of amides is 1. The van der Waals surface area contributed by atoms with Crippen LogP contribution in [0.15, 0.2) is 30.3 Å². The first-order valence-corrected chi connectivity index (χ1v) is 8.22. The average Bonchev–Trinajstić information content (AvgIpc) is 3.03. The quantitative estimate of drug-likeness (QED) is 0.786. The third kappa shape index (κ3) is 4.59. The van der Waals surface area contributed by atoms with Crippen molar-refractivity contribution in [1.82, 2.24) is 35.5 Å². The van der Waals surface area contributed by atoms with Gasteiger partial charge in [-0.05, 0) is 29.5 Å². The molecule has 0 bridgehead atoms. The van der Waals surface area contributed by atoms with Crippen molar-refractivity contribution in [3.63, 3.8) is 0 Å². The fourth-order valence-electron chi connectivity index (χ4n) is 2.68. The average molecular weight is 329 g/mol. The number of aryl methyl sites for hydroxylation is 2. The first-order valence-electron chi connectivity index (χ1n) is 8.22. The number of hydrogen-bond acceptors (Lipinski definition) is 6. The first-order chi connectivity index (χ1) is 11.7. The summed E-state index contributed by atoms with van der Waals surface area (Å²) in [4.78, 5) is 14.5. The van der Waals surface area contributed by atoms with E-state index in [0.717, 1.165) is 32.6 Å². The van der Waals surface area contributed by atoms with Crippen molar-refractivity contribution >= 4 is 5.91 Å². The highest BCUT2D eigenvalue weighted by atomic mass is 16.2. The Morgan fingerprint density at radius 2 is 1.92 bits per heavy atom. The lowest BCUT2D eigenvalue weighted by atomic mass is 10.1. The number of benzene rings is 1. The van der Waals surface area contributed by atoms with Gasteiger partial charge in [-0.1, -0.05) is 30.3 Å². The molecule has 0 radical (unpaired) electrons. The minimum Gasteiger partial charge on any atom is -0.304 e. The fourth-order valence-corrected chi connectivity index (χ4v) is 2.68. The van der Waals surface area contributed by atoms with Gasteiger partial charge in [0.1, 0.15) is 0 Å². The Bertz CT molecular complexity index is 649. The van der Waals surface area contributed by atoms with Crippen molar-refractivity contribution in [3.05, 3.63) is 41.7 Å². The summed E-state index contributed by atoms with van der Waals surface area (Å²) in [6.45, 7) is 4.24. The highest BCUT2D eigenvalue weighted by molar-refractivity contribution is 5.77. The maximum absolute atomic E-state index is 12.2. The van der Waals surface area contributed by atoms with Gasteiger partial charge in [0.2, 0.25) is 5.91 Å². The van der Waals surface area contributed by atoms with Crippen LogP contribution >= 0.6 is 0 Å². The Hall–Kier alpha value is -2.32. The van der Waals surface area contributed by atoms with E-state index in [4.69, 9.17) is 0 Å². The topological polar surface area (TPSA) is 79.2 Å². The van der Waals surface area contributed by atoms with Crippen molar-refractivity contribution < 1.29 is 4.79 Å². The van der Waals surface area contributed by atoms with Gasteiger partial charge < -0.3 is 4.90 Å². The number of rotatable bonds is 6. The Morgan fingerprint density at radius 3 is 2.67 bits per heavy atom. The summed E-state index contributed by atoms with van der Waals surface area (Å²) < 4.78 is 1.70. The lowest BCUT2D eigenvalue weighted by Gasteiger charge is -2.32. The Morgan fingerprint density at radius 1 is 1.17 bits per heavy atom. The second kappa shape index (κ2) is 7.98. The van der Waals surface area contributed by atoms with Crippen LogP contribution in [0.1, 0.15) is 11.4 Å². The van der Waals surface area contributed by atoms with Gasteiger partial charge in [-0.2, -0.15) is 0 Å². The van der Waals surface area contributed by atoms with Gasteiger partial charge in [-0.15, -0.1) is 5.10 Å². The van der Waals surface area contributed by atoms with Crippen molar-refractivity contribution in [3.8, 4) is 0 Å². The highest BCUT2D eigenvalue weighted by Gasteiger charge is 2.17. The van der Waals surface area contributed by atoms with Crippen LogP contribution in [0.2, 0.25) is 0 Å². The minimum atomic E-state index is -0.0738. The summed E-state index contributed by atoms with van der Waals surface area (Å²) in [5, 5.41) is 13.6. The summed E-state index contributed by atoms with van der Waals surface area (Å²) in [6, 6.07) is 10.2. The van der Waals surface area contributed by atoms with E-state index in [1.165, 1.54) is 5.56 Å². The number of likely N-dealkylation sites (N-methyl/N-ethyl adjacent to an activating group) is 1. The maximum atomic E-state index is 12.2. The lowest BCUT2D eigenvalue weighted by Crippen LogP contribution is -2.52. The molecular weight excluding hydrogens is 306 g/mol. The van der Waals surface area contributed by atoms with Gasteiger partial charge in [0.15, 0.2) is 5.82 Å². The van der Waals surface area contributed by atoms with Gasteiger partial charge in [0, 0.05) is 32.7 Å². The van der Waals surface area contributed by atoms with Crippen molar-refractivity contribution in [2.24, 2.45) is 0 Å². The predicted molar refractivity (Wildman–Crippen MR) is 88.9 cm³/mol. The fraction of sp³-hybridized carbons (Fsp3) is 0.500. The van der Waals surface area contributed by atoms with Gasteiger partial charge in [-0.3, -0.25) is 10.2 Å². The highest BCUT2D eigenvalue weighted by Crippen LogP contribution is 2.03. The largest absolute Gasteiger partial charge is 0.304 e. The van der Waals surface area contributed by atoms with E-state index in [2.05, 4.69) is 45.0 Å². The molecule has 1 aromatic heterocycles. The number of tetrazole rings is 1. The summed E-state index contributed by atoms with van der Waals surface area (Å²) in [5.41, 5.74) is 4.16. The molecule has 0 aliphatic carbocycles. The predicted octanol–water partition coefficient (Wildman–Crippen LogP) is -0.263. The SMILES string of the molecule is CN1CCN(NC(=O)Cc2nnnn2CCc2ccccc2)CC1. The molecular formula is C16H23N7O. The first kappa shape index (κ1) is 16.5. The summed E-state index contributed by atoms with van der Waals surface area (Å²) in [6.07, 6.45) is 1.02. The van der Waals surface area contributed by atoms with E-state index >= 15 is 0 Å². The Balaban J connectivity index is 1.50. The van der Waals surface area contributed by atoms with Gasteiger partial charge in [0.25, 0.3) is 0 Å². The zero-order valence-corrected chi connectivity index (χ0v) is 13.9. The number of piperazine rings is 1. The molecule has 1 fully saturated rings. The number of aromatic nitrogens is 4. The number of carbonyl (C=O) groups excluding carboxylic acids is 1. The van der Waals surface area contributed by atoms with Crippen LogP contribution in [0.4, 0.5) is 0 Å². The molecule has 1 aliphatic rings. The minimum absolute atomic E-state index is 0.0738. The molecule has 1 aromatic carbocycles. The smallest absolute Gasteiger partial charge is 0.242 e. The number of nitrogens with one attached hydrogen (secondary N) is 1. The summed E-state index contributed by atoms with van der Waals surface area (Å²) in [5.74, 6) is 0.521. The second-order valence-corrected chi connectivity index (χ2v) is 6.06. The normalized spacial score (nSPS) is 16.2. The van der Waals surface area contributed by atoms with Gasteiger partial charge in [-0.25, -0.2) is 9.69 Å². The van der Waals surface area contributed by atoms with Crippen LogP contribution in [0.25, 0.3) is 0 Å². The van der Waals surface area contributed by atoms with Crippen molar-refractivity contribution in [2.75, 3.05) is 33.2 Å². The zero-order chi connectivity index (χ0) is 16.8. The monoisotopic (exact) mass is 329 g/mol. The molecule has 0 unspecified atom stereocenters. The molecule has 0 saturated carbocycles. The molecule has 0 spiro atoms. The molecule has 0 atom stereocenters. The Kier molecular flexibility index (Phi) is 5.50. The second-order valence-electron chi connectivity index (χ2n) is 6.06. The van der Waals surface area contributed by atoms with Crippen LogP contribution in [-0.4, -0.2) is 69.2 Å². The summed E-state index contributed by atoms with van der Waals surface area (Å²) in [7, 11) is 2.08. The molecule has 128 valence electrons. The van der Waals surface area contributed by atoms with E-state index in [-0.39, 0.29) is 12.3 Å². The molecule has 2 aromatic rings. The van der Waals surface area contributed by atoms with Crippen LogP contribution < -0.4 is 5.43 Å². The molecule has 1 N–H and O–H groups in total. The molecule has 1 saturated heterocycles. The van der Waals surface area contributed by atoms with Gasteiger partial charge in [0.05, 0.1) is 6.42 Å². The van der Waals surface area contributed by atoms with Crippen LogP contribution in [0, 0.1) is 0 Å². The standard InChI is InChI=1S/C16H23N7O/c1-21-9-11-22(12-10-21)18-16(24)13-15-17-19-20-23(15)8-7-14-5-3-2-4-6-14/h2-6H,7-13H2,1H3,(H,18,24). The Labute approximate surface area is 141 Å². The van der Waals surface area contributed by atoms with Crippen LogP contribution in [0.5, 0.6) is 0 Å². The number of hydrogen-bond donors (Lipinski definition) is 1. The third-order valence-electron chi connectivity index (χ3n) is 4.17. The lowest BCUT2D eigenvalue weighted by molar-refractivity contribution is -0.126. The van der Waals surface area contributed by atoms with E-state index in [1.54, 1.807) is 4.68 Å². The molecule has 2 heterocycles. The van der Waals surface area contributed by atoms with E-state index in [0.29, 0.717) is 12.4 Å². The number of hydrazine groups is 1. The molecule has 1 aliphatic heterocycles. The molecule has 1 amide bonds. The van der Waals surface area contributed by atoms with Gasteiger partial charge >= 0.3 is 0 Å². The molecule has 3 rings (SSSR count). The molecule has 8 nitrogen and oxygen atoms in total. The van der Waals surface area contributed by atoms with E-state index in [1.807, 2.05) is 23.2 Å². The van der Waals surface area contributed by atoms with Crippen LogP contribution in [-0.2, 0) is 24.2 Å². The molecule has 8 heteroatoms. The van der Waals surface area contributed by atoms with Crippen LogP contribution in [0.3, 0.4) is 0 Å². The maximum Gasteiger partial charge on any atom is 0.242 e. The number of carbonyl (C=O) groups is 1. The third-order valence-corrected chi connectivity index (χ3v) is 4.17. The van der Waals surface area contributed by atoms with E-state index < -0.39 is 0 Å². The zero-order valence-electron chi connectivity index (χ0n) is 13.9. The molecule has 24 heavy (non-hydrogen) atoms. The van der Waals surface area contributed by atoms with Crippen molar-refractivity contribution in [2.45, 2.75) is 19.4 Å².